The lowest BCUT2D eigenvalue weighted by atomic mass is 9.93. The topological polar surface area (TPSA) is 42.4 Å². The van der Waals surface area contributed by atoms with Crippen molar-refractivity contribution in [1.82, 2.24) is 4.98 Å². The zero-order valence-electron chi connectivity index (χ0n) is 17.8. The zero-order valence-corrected chi connectivity index (χ0v) is 18.6. The lowest BCUT2D eigenvalue weighted by Gasteiger charge is -2.33. The second kappa shape index (κ2) is 9.98. The summed E-state index contributed by atoms with van der Waals surface area (Å²) in [5.41, 5.74) is 1.32. The van der Waals surface area contributed by atoms with Gasteiger partial charge in [0.15, 0.2) is 0 Å². The number of pyridine rings is 1. The summed E-state index contributed by atoms with van der Waals surface area (Å²) < 4.78 is 34.9. The van der Waals surface area contributed by atoms with Gasteiger partial charge in [-0.25, -0.2) is 13.8 Å². The minimum atomic E-state index is -0.554. The van der Waals surface area contributed by atoms with E-state index in [-0.39, 0.29) is 17.6 Å². The number of aromatic nitrogens is 1. The molecule has 2 heterocycles. The van der Waals surface area contributed by atoms with Crippen LogP contribution in [0.15, 0.2) is 35.5 Å². The van der Waals surface area contributed by atoms with Crippen LogP contribution in [0.1, 0.15) is 44.9 Å². The van der Waals surface area contributed by atoms with Crippen LogP contribution < -0.4 is 4.90 Å². The molecule has 31 heavy (non-hydrogen) atoms. The standard InChI is InChI=1S/C24H28F2N2O2S/c1-30-22(29)13-16-8-11-28(12-9-16)23-20(25)14-17(15-21(23)26)19-7-4-10-27-24(19)31-18-5-2-3-6-18/h4,7,10,14-16,18H,2-3,5-6,8-9,11-13H2,1H3. The van der Waals surface area contributed by atoms with Crippen molar-refractivity contribution in [2.75, 3.05) is 25.1 Å². The fourth-order valence-electron chi connectivity index (χ4n) is 4.57. The molecule has 0 bridgehead atoms. The van der Waals surface area contributed by atoms with Crippen molar-refractivity contribution >= 4 is 23.4 Å². The lowest BCUT2D eigenvalue weighted by Crippen LogP contribution is -2.35. The molecule has 1 saturated heterocycles. The van der Waals surface area contributed by atoms with Gasteiger partial charge < -0.3 is 9.64 Å². The maximum atomic E-state index is 15.1. The Kier molecular flexibility index (Phi) is 7.10. The number of benzene rings is 1. The maximum Gasteiger partial charge on any atom is 0.305 e. The van der Waals surface area contributed by atoms with Crippen LogP contribution >= 0.6 is 11.8 Å². The summed E-state index contributed by atoms with van der Waals surface area (Å²) in [5.74, 6) is -1.15. The highest BCUT2D eigenvalue weighted by Gasteiger charge is 2.26. The first kappa shape index (κ1) is 22.1. The average molecular weight is 447 g/mol. The first-order chi connectivity index (χ1) is 15.0. The fraction of sp³-hybridized carbons (Fsp3) is 0.500. The first-order valence-electron chi connectivity index (χ1n) is 11.0. The van der Waals surface area contributed by atoms with E-state index in [1.165, 1.54) is 32.1 Å². The van der Waals surface area contributed by atoms with Gasteiger partial charge in [0.1, 0.15) is 22.3 Å². The molecule has 0 N–H and O–H groups in total. The van der Waals surface area contributed by atoms with Gasteiger partial charge in [0.25, 0.3) is 0 Å². The molecule has 4 nitrogen and oxygen atoms in total. The predicted octanol–water partition coefficient (Wildman–Crippen LogP) is 5.84. The highest BCUT2D eigenvalue weighted by molar-refractivity contribution is 8.00. The quantitative estimate of drug-likeness (QED) is 0.522. The van der Waals surface area contributed by atoms with Crippen molar-refractivity contribution in [2.45, 2.75) is 55.2 Å². The van der Waals surface area contributed by atoms with Crippen LogP contribution in [0.4, 0.5) is 14.5 Å². The van der Waals surface area contributed by atoms with E-state index in [1.54, 1.807) is 22.9 Å². The Morgan fingerprint density at radius 3 is 2.48 bits per heavy atom. The molecule has 1 aliphatic carbocycles. The number of carbonyl (C=O) groups is 1. The molecule has 2 aliphatic rings. The van der Waals surface area contributed by atoms with Crippen LogP contribution in [-0.2, 0) is 9.53 Å². The summed E-state index contributed by atoms with van der Waals surface area (Å²) in [6, 6.07) is 6.55. The largest absolute Gasteiger partial charge is 0.469 e. The summed E-state index contributed by atoms with van der Waals surface area (Å²) in [6.45, 7) is 1.04. The number of halogens is 2. The van der Waals surface area contributed by atoms with Gasteiger partial charge in [-0.3, -0.25) is 4.79 Å². The molecule has 166 valence electrons. The molecule has 2 aromatic rings. The number of carbonyl (C=O) groups excluding carboxylic acids is 1. The van der Waals surface area contributed by atoms with Gasteiger partial charge in [-0.2, -0.15) is 0 Å². The van der Waals surface area contributed by atoms with Crippen LogP contribution in [0.25, 0.3) is 11.1 Å². The second-order valence-corrected chi connectivity index (χ2v) is 9.67. The maximum absolute atomic E-state index is 15.1. The van der Waals surface area contributed by atoms with E-state index < -0.39 is 11.6 Å². The molecule has 1 saturated carbocycles. The van der Waals surface area contributed by atoms with Gasteiger partial charge in [0, 0.05) is 36.5 Å². The Morgan fingerprint density at radius 1 is 1.16 bits per heavy atom. The van der Waals surface area contributed by atoms with Crippen molar-refractivity contribution in [3.05, 3.63) is 42.1 Å². The third-order valence-corrected chi connectivity index (χ3v) is 7.65. The third-order valence-electron chi connectivity index (χ3n) is 6.29. The molecular formula is C24H28F2N2O2S. The average Bonchev–Trinajstić information content (AvgIpc) is 3.28. The van der Waals surface area contributed by atoms with Crippen molar-refractivity contribution < 1.29 is 18.3 Å². The number of ether oxygens (including phenoxy) is 1. The Bertz CT molecular complexity index is 903. The molecule has 0 amide bonds. The molecule has 0 atom stereocenters. The number of nitrogens with zero attached hydrogens (tertiary/aromatic N) is 2. The number of hydrogen-bond acceptors (Lipinski definition) is 5. The summed E-state index contributed by atoms with van der Waals surface area (Å²) >= 11 is 1.72. The smallest absolute Gasteiger partial charge is 0.305 e. The molecule has 0 unspecified atom stereocenters. The summed E-state index contributed by atoms with van der Waals surface area (Å²) in [5, 5.41) is 1.36. The molecule has 4 rings (SSSR count). The van der Waals surface area contributed by atoms with Crippen molar-refractivity contribution in [2.24, 2.45) is 5.92 Å². The molecular weight excluding hydrogens is 418 g/mol. The molecule has 2 fully saturated rings. The minimum absolute atomic E-state index is 0.0224. The van der Waals surface area contributed by atoms with Gasteiger partial charge in [0.05, 0.1) is 7.11 Å². The van der Waals surface area contributed by atoms with Crippen LogP contribution in [-0.4, -0.2) is 36.4 Å². The first-order valence-corrected chi connectivity index (χ1v) is 11.9. The van der Waals surface area contributed by atoms with Crippen LogP contribution in [0, 0.1) is 17.6 Å². The highest BCUT2D eigenvalue weighted by Crippen LogP contribution is 2.40. The van der Waals surface area contributed by atoms with E-state index in [9.17, 15) is 4.79 Å². The van der Waals surface area contributed by atoms with Crippen molar-refractivity contribution in [1.29, 1.82) is 0 Å². The highest BCUT2D eigenvalue weighted by atomic mass is 32.2. The summed E-state index contributed by atoms with van der Waals surface area (Å²) in [7, 11) is 1.38. The predicted molar refractivity (Wildman–Crippen MR) is 119 cm³/mol. The van der Waals surface area contributed by atoms with E-state index in [1.807, 2.05) is 12.1 Å². The fourth-order valence-corrected chi connectivity index (χ4v) is 5.89. The SMILES string of the molecule is COC(=O)CC1CCN(c2c(F)cc(-c3cccnc3SC3CCCC3)cc2F)CC1. The van der Waals surface area contributed by atoms with E-state index >= 15 is 8.78 Å². The number of thioether (sulfide) groups is 1. The summed E-state index contributed by atoms with van der Waals surface area (Å²) in [4.78, 5) is 17.7. The van der Waals surface area contributed by atoms with E-state index in [0.29, 0.717) is 43.2 Å². The Labute approximate surface area is 186 Å². The zero-order chi connectivity index (χ0) is 21.8. The Balaban J connectivity index is 1.52. The second-order valence-electron chi connectivity index (χ2n) is 8.38. The molecule has 1 aromatic carbocycles. The molecule has 1 aliphatic heterocycles. The number of hydrogen-bond donors (Lipinski definition) is 0. The van der Waals surface area contributed by atoms with Gasteiger partial charge in [-0.05, 0) is 55.4 Å². The Morgan fingerprint density at radius 2 is 1.84 bits per heavy atom. The van der Waals surface area contributed by atoms with Gasteiger partial charge in [-0.1, -0.05) is 18.9 Å². The number of methoxy groups -OCH3 is 1. The third kappa shape index (κ3) is 5.20. The van der Waals surface area contributed by atoms with Crippen LogP contribution in [0.2, 0.25) is 0 Å². The van der Waals surface area contributed by atoms with Gasteiger partial charge in [0.2, 0.25) is 0 Å². The molecule has 1 aromatic heterocycles. The normalized spacial score (nSPS) is 17.8. The lowest BCUT2D eigenvalue weighted by molar-refractivity contribution is -0.141. The van der Waals surface area contributed by atoms with Crippen LogP contribution in [0.3, 0.4) is 0 Å². The summed E-state index contributed by atoms with van der Waals surface area (Å²) in [6.07, 6.45) is 8.29. The molecule has 0 spiro atoms. The van der Waals surface area contributed by atoms with Crippen molar-refractivity contribution in [3.8, 4) is 11.1 Å². The molecule has 0 radical (unpaired) electrons. The minimum Gasteiger partial charge on any atom is -0.469 e. The van der Waals surface area contributed by atoms with Gasteiger partial charge in [-0.15, -0.1) is 11.8 Å². The van der Waals surface area contributed by atoms with E-state index in [0.717, 1.165) is 23.4 Å². The van der Waals surface area contributed by atoms with Gasteiger partial charge >= 0.3 is 5.97 Å². The number of rotatable bonds is 6. The number of esters is 1. The molecule has 7 heteroatoms. The monoisotopic (exact) mass is 446 g/mol. The van der Waals surface area contributed by atoms with E-state index in [2.05, 4.69) is 4.98 Å². The number of anilines is 1. The Hall–Kier alpha value is -2.15. The van der Waals surface area contributed by atoms with E-state index in [4.69, 9.17) is 4.74 Å². The van der Waals surface area contributed by atoms with Crippen molar-refractivity contribution in [3.63, 3.8) is 0 Å². The van der Waals surface area contributed by atoms with Crippen LogP contribution in [0.5, 0.6) is 0 Å². The number of piperidine rings is 1.